The molecule has 0 amide bonds. The van der Waals surface area contributed by atoms with Crippen molar-refractivity contribution in [2.75, 3.05) is 85.3 Å². The van der Waals surface area contributed by atoms with E-state index in [0.29, 0.717) is 0 Å². The fraction of sp³-hybridized carbons (Fsp3) is 0.727. The van der Waals surface area contributed by atoms with Crippen molar-refractivity contribution < 1.29 is 99.7 Å². The predicted octanol–water partition coefficient (Wildman–Crippen LogP) is 7.67. The van der Waals surface area contributed by atoms with Crippen molar-refractivity contribution in [1.82, 2.24) is 19.6 Å². The molecule has 0 aliphatic carbocycles. The van der Waals surface area contributed by atoms with Crippen molar-refractivity contribution in [1.29, 1.82) is 0 Å². The van der Waals surface area contributed by atoms with E-state index in [2.05, 4.69) is 0 Å². The number of ether oxygens (including phenoxy) is 11. The van der Waals surface area contributed by atoms with E-state index in [1.165, 1.54) is 26.5 Å². The molecule has 2 rings (SSSR count). The third-order valence-electron chi connectivity index (χ3n) is 11.0. The summed E-state index contributed by atoms with van der Waals surface area (Å²) in [6.07, 6.45) is 0. The van der Waals surface area contributed by atoms with Gasteiger partial charge in [0.2, 0.25) is 0 Å². The second-order valence-corrected chi connectivity index (χ2v) is 30.1. The van der Waals surface area contributed by atoms with Crippen molar-refractivity contribution in [2.45, 2.75) is 231 Å². The molecule has 0 spiro atoms. The number of carbonyl (C=O) groups is 9. The topological polar surface area (TPSA) is 298 Å². The van der Waals surface area contributed by atoms with Gasteiger partial charge < -0.3 is 56.5 Å². The van der Waals surface area contributed by atoms with E-state index < -0.39 is 188 Å². The number of benzene rings is 1. The highest BCUT2D eigenvalue weighted by molar-refractivity contribution is 5.97. The zero-order chi connectivity index (χ0) is 70.9. The first-order chi connectivity index (χ1) is 41.6. The van der Waals surface area contributed by atoms with E-state index in [1.807, 2.05) is 0 Å². The standard InChI is InChI=1S/C66H106N4O22/c1-26-81-57(79)43-31-42-54(82-29-27-67(34-46(71)85-59(2,3)4)35-47(72)86-60(5,6)7)44(32-69(38-50(75)89-63(14,15)16)39-51(76)90-64(17,18)19)55(83-30-28-68(36-48(73)87-61(8,9)10)37-49(74)88-62(11,12)13)45(56(42)84-58(43)80)33-70(40-52(77)91-65(20,21)22)41-53(78)92-66(23,24)25/h31H,26-30,32-41H2,1-25H3. The van der Waals surface area contributed by atoms with Gasteiger partial charge in [-0.15, -0.1) is 0 Å². The van der Waals surface area contributed by atoms with Gasteiger partial charge in [-0.2, -0.15) is 0 Å². The molecule has 0 atom stereocenters. The maximum atomic E-state index is 14.4. The maximum absolute atomic E-state index is 14.4. The molecular formula is C66H106N4O22. The van der Waals surface area contributed by atoms with E-state index in [-0.39, 0.29) is 53.3 Å². The van der Waals surface area contributed by atoms with Crippen molar-refractivity contribution in [3.63, 3.8) is 0 Å². The Balaban J connectivity index is 3.54. The Hall–Kier alpha value is -6.90. The fourth-order valence-corrected chi connectivity index (χ4v) is 8.61. The van der Waals surface area contributed by atoms with E-state index in [9.17, 15) is 47.9 Å². The molecular weight excluding hydrogens is 1200 g/mol. The molecule has 0 radical (unpaired) electrons. The summed E-state index contributed by atoms with van der Waals surface area (Å²) in [5, 5.41) is -0.142. The molecule has 26 nitrogen and oxygen atoms in total. The number of carbonyl (C=O) groups excluding carboxylic acids is 9. The predicted molar refractivity (Wildman–Crippen MR) is 340 cm³/mol. The summed E-state index contributed by atoms with van der Waals surface area (Å²) in [5.41, 5.74) is -10.2. The van der Waals surface area contributed by atoms with E-state index in [0.717, 1.165) is 6.07 Å². The van der Waals surface area contributed by atoms with Gasteiger partial charge in [-0.3, -0.25) is 58.0 Å². The number of hydrogen-bond donors (Lipinski definition) is 0. The lowest BCUT2D eigenvalue weighted by Crippen LogP contribution is -2.42. The van der Waals surface area contributed by atoms with Crippen LogP contribution in [0.25, 0.3) is 11.0 Å². The lowest BCUT2D eigenvalue weighted by Gasteiger charge is -2.31. The molecule has 0 saturated heterocycles. The first kappa shape index (κ1) is 81.2. The molecule has 0 aliphatic heterocycles. The largest absolute Gasteiger partial charge is 0.491 e. The van der Waals surface area contributed by atoms with Crippen molar-refractivity contribution in [2.24, 2.45) is 0 Å². The Morgan fingerprint density at radius 1 is 0.370 bits per heavy atom. The molecule has 1 aromatic heterocycles. The summed E-state index contributed by atoms with van der Waals surface area (Å²) in [6.45, 7) is 34.5. The maximum Gasteiger partial charge on any atom is 0.351 e. The number of nitrogens with zero attached hydrogens (tertiary/aromatic N) is 4. The Kier molecular flexibility index (Phi) is 29.4. The highest BCUT2D eigenvalue weighted by Gasteiger charge is 2.35. The number of rotatable bonds is 30. The van der Waals surface area contributed by atoms with Crippen LogP contribution in [0.4, 0.5) is 0 Å². The summed E-state index contributed by atoms with van der Waals surface area (Å²) in [7, 11) is 0. The molecule has 0 saturated carbocycles. The third-order valence-corrected chi connectivity index (χ3v) is 11.0. The van der Waals surface area contributed by atoms with Gasteiger partial charge in [0.15, 0.2) is 0 Å². The molecule has 26 heteroatoms. The monoisotopic (exact) mass is 1310 g/mol. The quantitative estimate of drug-likeness (QED) is 0.0411. The van der Waals surface area contributed by atoms with Gasteiger partial charge in [-0.25, -0.2) is 9.59 Å². The van der Waals surface area contributed by atoms with Crippen LogP contribution in [0.3, 0.4) is 0 Å². The van der Waals surface area contributed by atoms with Crippen molar-refractivity contribution >= 4 is 64.7 Å². The van der Waals surface area contributed by atoms with Gasteiger partial charge in [-0.1, -0.05) is 0 Å². The average Bonchev–Trinajstić information content (AvgIpc) is 0.747. The normalized spacial score (nSPS) is 12.8. The van der Waals surface area contributed by atoms with Crippen molar-refractivity contribution in [3.8, 4) is 11.5 Å². The second kappa shape index (κ2) is 33.3. The highest BCUT2D eigenvalue weighted by Crippen LogP contribution is 2.43. The van der Waals surface area contributed by atoms with E-state index >= 15 is 0 Å². The molecule has 0 bridgehead atoms. The van der Waals surface area contributed by atoms with Crippen LogP contribution in [0.1, 0.15) is 195 Å². The number of hydrogen-bond acceptors (Lipinski definition) is 26. The first-order valence-corrected chi connectivity index (χ1v) is 30.8. The minimum Gasteiger partial charge on any atom is -0.491 e. The van der Waals surface area contributed by atoms with Gasteiger partial charge >= 0.3 is 59.3 Å². The number of fused-ring (bicyclic) bond motifs is 1. The molecule has 0 aliphatic rings. The summed E-state index contributed by atoms with van der Waals surface area (Å²) in [6, 6.07) is 1.14. The van der Waals surface area contributed by atoms with Gasteiger partial charge in [0.05, 0.1) is 75.5 Å². The first-order valence-electron chi connectivity index (χ1n) is 30.8. The SMILES string of the molecule is CCOC(=O)c1cc2c(OCCN(CC(=O)OC(C)(C)C)CC(=O)OC(C)(C)C)c(CN(CC(=O)OC(C)(C)C)CC(=O)OC(C)(C)C)c(OCCN(CC(=O)OC(C)(C)C)CC(=O)OC(C)(C)C)c(CN(CC(=O)OC(C)(C)C)CC(=O)OC(C)(C)C)c2oc1=O. The Morgan fingerprint density at radius 3 is 0.880 bits per heavy atom. The van der Waals surface area contributed by atoms with Crippen LogP contribution >= 0.6 is 0 Å². The van der Waals surface area contributed by atoms with Gasteiger partial charge in [-0.05, 0) is 179 Å². The van der Waals surface area contributed by atoms with Crippen LogP contribution in [0.15, 0.2) is 15.3 Å². The summed E-state index contributed by atoms with van der Waals surface area (Å²) in [5.74, 6) is -7.62. The van der Waals surface area contributed by atoms with Gasteiger partial charge in [0.25, 0.3) is 0 Å². The fourth-order valence-electron chi connectivity index (χ4n) is 8.61. The van der Waals surface area contributed by atoms with Crippen LogP contribution in [0.2, 0.25) is 0 Å². The summed E-state index contributed by atoms with van der Waals surface area (Å²) in [4.78, 5) is 144. The molecule has 0 fully saturated rings. The van der Waals surface area contributed by atoms with E-state index in [1.54, 1.807) is 166 Å². The Bertz CT molecular complexity index is 2830. The van der Waals surface area contributed by atoms with Crippen LogP contribution < -0.4 is 15.1 Å². The van der Waals surface area contributed by atoms with Gasteiger partial charge in [0, 0.05) is 26.2 Å². The minimum atomic E-state index is -1.22. The summed E-state index contributed by atoms with van der Waals surface area (Å²) < 4.78 is 71.0. The molecule has 0 N–H and O–H groups in total. The van der Waals surface area contributed by atoms with Crippen LogP contribution in [0, 0.1) is 0 Å². The number of esters is 9. The average molecular weight is 1310 g/mol. The Morgan fingerprint density at radius 2 is 0.620 bits per heavy atom. The second-order valence-electron chi connectivity index (χ2n) is 30.1. The van der Waals surface area contributed by atoms with Crippen LogP contribution in [0.5, 0.6) is 11.5 Å². The zero-order valence-corrected chi connectivity index (χ0v) is 59.5. The Labute approximate surface area is 543 Å². The van der Waals surface area contributed by atoms with Crippen LogP contribution in [-0.4, -0.2) is 203 Å². The molecule has 1 heterocycles. The molecule has 0 unspecified atom stereocenters. The minimum absolute atomic E-state index is 0.0468. The smallest absolute Gasteiger partial charge is 0.351 e. The van der Waals surface area contributed by atoms with Gasteiger partial charge in [0.1, 0.15) is 80.7 Å². The van der Waals surface area contributed by atoms with E-state index in [4.69, 9.17) is 56.5 Å². The molecule has 522 valence electrons. The molecule has 2 aromatic rings. The molecule has 1 aromatic carbocycles. The van der Waals surface area contributed by atoms with Crippen molar-refractivity contribution in [3.05, 3.63) is 33.2 Å². The lowest BCUT2D eigenvalue weighted by atomic mass is 9.99. The third kappa shape index (κ3) is 34.1. The van der Waals surface area contributed by atoms with Crippen LogP contribution in [-0.2, 0) is 94.1 Å². The zero-order valence-electron chi connectivity index (χ0n) is 59.5. The lowest BCUT2D eigenvalue weighted by molar-refractivity contribution is -0.162. The summed E-state index contributed by atoms with van der Waals surface area (Å²) >= 11 is 0. The molecule has 92 heavy (non-hydrogen) atoms. The highest BCUT2D eigenvalue weighted by atomic mass is 16.6.